The molecule has 2 aromatic rings. The van der Waals surface area contributed by atoms with Crippen molar-refractivity contribution in [1.29, 1.82) is 0 Å². The molecule has 0 aliphatic carbocycles. The number of carbonyl (C=O) groups is 1. The number of ether oxygens (including phenoxy) is 2. The Bertz CT molecular complexity index is 817. The molecular formula is C21H30N4O3. The smallest absolute Gasteiger partial charge is 0.410 e. The zero-order valence-corrected chi connectivity index (χ0v) is 17.1. The zero-order valence-electron chi connectivity index (χ0n) is 17.1. The molecule has 0 unspecified atom stereocenters. The van der Waals surface area contributed by atoms with Crippen molar-refractivity contribution in [2.24, 2.45) is 5.92 Å². The van der Waals surface area contributed by atoms with Gasteiger partial charge in [-0.2, -0.15) is 5.10 Å². The Kier molecular flexibility index (Phi) is 5.82. The molecule has 1 saturated heterocycles. The van der Waals surface area contributed by atoms with Crippen LogP contribution in [0.5, 0.6) is 5.75 Å². The van der Waals surface area contributed by atoms with Crippen LogP contribution < -0.4 is 10.5 Å². The van der Waals surface area contributed by atoms with E-state index in [0.717, 1.165) is 49.4 Å². The number of H-pyrrole nitrogens is 1. The van der Waals surface area contributed by atoms with Gasteiger partial charge in [0.15, 0.2) is 0 Å². The lowest BCUT2D eigenvalue weighted by molar-refractivity contribution is 0.0184. The summed E-state index contributed by atoms with van der Waals surface area (Å²) in [4.78, 5) is 14.0. The summed E-state index contributed by atoms with van der Waals surface area (Å²) in [7, 11) is 1.67. The Labute approximate surface area is 166 Å². The summed E-state index contributed by atoms with van der Waals surface area (Å²) in [6.45, 7) is 7.16. The van der Waals surface area contributed by atoms with Gasteiger partial charge in [0, 0.05) is 24.7 Å². The van der Waals surface area contributed by atoms with Crippen LogP contribution in [0.4, 0.5) is 10.6 Å². The van der Waals surface area contributed by atoms with Crippen LogP contribution in [0.25, 0.3) is 11.3 Å². The lowest BCUT2D eigenvalue weighted by atomic mass is 9.89. The summed E-state index contributed by atoms with van der Waals surface area (Å²) in [5.74, 6) is 1.79. The summed E-state index contributed by atoms with van der Waals surface area (Å²) in [6.07, 6.45) is 2.70. The van der Waals surface area contributed by atoms with Crippen LogP contribution in [0.3, 0.4) is 0 Å². The predicted molar refractivity (Wildman–Crippen MR) is 109 cm³/mol. The molecule has 1 aliphatic heterocycles. The zero-order chi connectivity index (χ0) is 20.3. The van der Waals surface area contributed by atoms with Gasteiger partial charge in [-0.3, -0.25) is 5.10 Å². The number of aromatic amines is 1. The Morgan fingerprint density at radius 1 is 1.29 bits per heavy atom. The number of anilines is 1. The third-order valence-corrected chi connectivity index (χ3v) is 4.94. The van der Waals surface area contributed by atoms with E-state index in [0.29, 0.717) is 11.7 Å². The van der Waals surface area contributed by atoms with Crippen LogP contribution in [-0.4, -0.2) is 47.0 Å². The largest absolute Gasteiger partial charge is 0.496 e. The van der Waals surface area contributed by atoms with Crippen molar-refractivity contribution in [3.63, 3.8) is 0 Å². The van der Waals surface area contributed by atoms with E-state index in [9.17, 15) is 4.79 Å². The molecule has 1 fully saturated rings. The van der Waals surface area contributed by atoms with E-state index in [2.05, 4.69) is 22.3 Å². The van der Waals surface area contributed by atoms with E-state index in [1.54, 1.807) is 13.2 Å². The number of nitrogens with zero attached hydrogens (tertiary/aromatic N) is 2. The standard InChI is InChI=1S/C21H30N4O3/c1-21(2,3)28-20(26)25-9-7-14(8-10-25)11-15-5-6-16(18(12-15)27-4)17-13-19(22)24-23-17/h5-6,12-14H,7-11H2,1-4H3,(H3,22,23,24). The summed E-state index contributed by atoms with van der Waals surface area (Å²) in [5.41, 5.74) is 8.26. The Balaban J connectivity index is 1.60. The fourth-order valence-corrected chi connectivity index (χ4v) is 3.54. The van der Waals surface area contributed by atoms with E-state index in [4.69, 9.17) is 15.2 Å². The molecule has 1 aromatic heterocycles. The van der Waals surface area contributed by atoms with Crippen molar-refractivity contribution in [3.8, 4) is 17.0 Å². The summed E-state index contributed by atoms with van der Waals surface area (Å²) in [6, 6.07) is 8.03. The van der Waals surface area contributed by atoms with Gasteiger partial charge in [0.05, 0.1) is 12.8 Å². The summed E-state index contributed by atoms with van der Waals surface area (Å²) in [5, 5.41) is 6.91. The maximum absolute atomic E-state index is 12.2. The van der Waals surface area contributed by atoms with E-state index < -0.39 is 5.60 Å². The first kappa shape index (κ1) is 20.0. The quantitative estimate of drug-likeness (QED) is 0.832. The molecular weight excluding hydrogens is 356 g/mol. The molecule has 7 heteroatoms. The first-order valence-electron chi connectivity index (χ1n) is 9.71. The molecule has 7 nitrogen and oxygen atoms in total. The molecule has 1 amide bonds. The van der Waals surface area contributed by atoms with E-state index >= 15 is 0 Å². The Hall–Kier alpha value is -2.70. The van der Waals surface area contributed by atoms with Gasteiger partial charge < -0.3 is 20.1 Å². The highest BCUT2D eigenvalue weighted by Crippen LogP contribution is 2.32. The van der Waals surface area contributed by atoms with Crippen LogP contribution >= 0.6 is 0 Å². The molecule has 0 saturated carbocycles. The number of piperidine rings is 1. The molecule has 2 heterocycles. The highest BCUT2D eigenvalue weighted by Gasteiger charge is 2.27. The molecule has 0 spiro atoms. The average molecular weight is 386 g/mol. The monoisotopic (exact) mass is 386 g/mol. The minimum atomic E-state index is -0.453. The number of nitrogens with two attached hydrogens (primary N) is 1. The van der Waals surface area contributed by atoms with E-state index in [-0.39, 0.29) is 6.09 Å². The minimum absolute atomic E-state index is 0.212. The molecule has 152 valence electrons. The van der Waals surface area contributed by atoms with Gasteiger partial charge in [-0.15, -0.1) is 0 Å². The molecule has 3 N–H and O–H groups in total. The van der Waals surface area contributed by atoms with Crippen LogP contribution in [0, 0.1) is 5.92 Å². The molecule has 0 bridgehead atoms. The second kappa shape index (κ2) is 8.12. The third-order valence-electron chi connectivity index (χ3n) is 4.94. The first-order valence-corrected chi connectivity index (χ1v) is 9.71. The van der Waals surface area contributed by atoms with Gasteiger partial charge in [0.2, 0.25) is 0 Å². The number of aromatic nitrogens is 2. The fourth-order valence-electron chi connectivity index (χ4n) is 3.54. The number of hydrogen-bond acceptors (Lipinski definition) is 5. The minimum Gasteiger partial charge on any atom is -0.496 e. The maximum atomic E-state index is 12.2. The number of nitrogens with one attached hydrogen (secondary N) is 1. The van der Waals surface area contributed by atoms with Gasteiger partial charge >= 0.3 is 6.09 Å². The van der Waals surface area contributed by atoms with Gasteiger partial charge in [0.25, 0.3) is 0 Å². The molecule has 1 aromatic carbocycles. The Morgan fingerprint density at radius 2 is 2.00 bits per heavy atom. The van der Waals surface area contributed by atoms with Crippen molar-refractivity contribution in [3.05, 3.63) is 29.8 Å². The topological polar surface area (TPSA) is 93.5 Å². The number of hydrogen-bond donors (Lipinski definition) is 2. The maximum Gasteiger partial charge on any atom is 0.410 e. The van der Waals surface area contributed by atoms with Gasteiger partial charge in [-0.05, 0) is 63.6 Å². The number of benzene rings is 1. The number of rotatable bonds is 4. The number of carbonyl (C=O) groups excluding carboxylic acids is 1. The highest BCUT2D eigenvalue weighted by atomic mass is 16.6. The molecule has 1 aliphatic rings. The third kappa shape index (κ3) is 4.97. The summed E-state index contributed by atoms with van der Waals surface area (Å²) < 4.78 is 11.0. The van der Waals surface area contributed by atoms with Crippen LogP contribution in [0.2, 0.25) is 0 Å². The summed E-state index contributed by atoms with van der Waals surface area (Å²) >= 11 is 0. The fraction of sp³-hybridized carbons (Fsp3) is 0.524. The van der Waals surface area contributed by atoms with E-state index in [1.165, 1.54) is 5.56 Å². The van der Waals surface area contributed by atoms with Gasteiger partial charge in [-0.25, -0.2) is 4.79 Å². The molecule has 28 heavy (non-hydrogen) atoms. The number of nitrogen functional groups attached to an aromatic ring is 1. The lowest BCUT2D eigenvalue weighted by Gasteiger charge is -2.33. The van der Waals surface area contributed by atoms with Crippen molar-refractivity contribution in [2.75, 3.05) is 25.9 Å². The van der Waals surface area contributed by atoms with Gasteiger partial charge in [0.1, 0.15) is 17.2 Å². The van der Waals surface area contributed by atoms with Crippen molar-refractivity contribution >= 4 is 11.9 Å². The van der Waals surface area contributed by atoms with Crippen LogP contribution in [0.1, 0.15) is 39.2 Å². The SMILES string of the molecule is COc1cc(CC2CCN(C(=O)OC(C)(C)C)CC2)ccc1-c1cc(N)n[nH]1. The van der Waals surface area contributed by atoms with Gasteiger partial charge in [-0.1, -0.05) is 6.07 Å². The second-order valence-electron chi connectivity index (χ2n) is 8.36. The predicted octanol–water partition coefficient (Wildman–Crippen LogP) is 3.86. The van der Waals surface area contributed by atoms with Crippen LogP contribution in [0.15, 0.2) is 24.3 Å². The number of likely N-dealkylation sites (tertiary alicyclic amines) is 1. The second-order valence-corrected chi connectivity index (χ2v) is 8.36. The highest BCUT2D eigenvalue weighted by molar-refractivity contribution is 5.69. The van der Waals surface area contributed by atoms with Crippen LogP contribution in [-0.2, 0) is 11.2 Å². The first-order chi connectivity index (χ1) is 13.2. The molecule has 0 radical (unpaired) electrons. The molecule has 3 rings (SSSR count). The van der Waals surface area contributed by atoms with Crippen molar-refractivity contribution in [1.82, 2.24) is 15.1 Å². The Morgan fingerprint density at radius 3 is 2.57 bits per heavy atom. The average Bonchev–Trinajstić information content (AvgIpc) is 3.07. The normalized spacial score (nSPS) is 15.5. The van der Waals surface area contributed by atoms with Crippen molar-refractivity contribution < 1.29 is 14.3 Å². The lowest BCUT2D eigenvalue weighted by Crippen LogP contribution is -2.42. The van der Waals surface area contributed by atoms with Crippen molar-refractivity contribution in [2.45, 2.75) is 45.6 Å². The number of methoxy groups -OCH3 is 1. The number of amides is 1. The van der Waals surface area contributed by atoms with E-state index in [1.807, 2.05) is 31.7 Å². The molecule has 0 atom stereocenters.